The van der Waals surface area contributed by atoms with Crippen molar-refractivity contribution in [3.63, 3.8) is 0 Å². The minimum absolute atomic E-state index is 0.113. The molecule has 2 aromatic carbocycles. The Bertz CT molecular complexity index is 1090. The first kappa shape index (κ1) is 20.0. The molecule has 0 spiro atoms. The summed E-state index contributed by atoms with van der Waals surface area (Å²) in [6, 6.07) is 9.65. The maximum Gasteiger partial charge on any atom is 0.261 e. The lowest BCUT2D eigenvalue weighted by atomic mass is 9.87. The lowest BCUT2D eigenvalue weighted by molar-refractivity contribution is -0.119. The quantitative estimate of drug-likeness (QED) is 0.765. The Morgan fingerprint density at radius 2 is 1.93 bits per heavy atom. The molecule has 8 heteroatoms. The number of hydrogen-bond donors (Lipinski definition) is 1. The van der Waals surface area contributed by atoms with Gasteiger partial charge in [-0.3, -0.25) is 9.52 Å². The zero-order chi connectivity index (χ0) is 21.0. The minimum atomic E-state index is -3.82. The number of methoxy groups -OCH3 is 1. The van der Waals surface area contributed by atoms with Crippen LogP contribution in [0.3, 0.4) is 0 Å². The van der Waals surface area contributed by atoms with Gasteiger partial charge in [-0.15, -0.1) is 0 Å². The zero-order valence-corrected chi connectivity index (χ0v) is 18.1. The van der Waals surface area contributed by atoms with Crippen LogP contribution in [-0.4, -0.2) is 28.0 Å². The van der Waals surface area contributed by atoms with Gasteiger partial charge in [-0.05, 0) is 54.8 Å². The van der Waals surface area contributed by atoms with E-state index < -0.39 is 10.0 Å². The summed E-state index contributed by atoms with van der Waals surface area (Å²) in [6.45, 7) is 4.61. The number of sulfonamides is 1. The second-order valence-corrected chi connectivity index (χ2v) is 10.3. The molecule has 0 aromatic heterocycles. The van der Waals surface area contributed by atoms with Gasteiger partial charge in [0.1, 0.15) is 5.75 Å². The first-order valence-corrected chi connectivity index (χ1v) is 11.3. The standard InChI is InChI=1S/C21H23ClN2O4S/c1-21(2)12-24(20(25)13-4-5-13)18-8-7-15(11-16(18)21)29(26,27)23-14-6-9-19(28-3)17(22)10-14/h6-11,13,23H,4-5,12H2,1-3H3. The van der Waals surface area contributed by atoms with Gasteiger partial charge in [-0.25, -0.2) is 8.42 Å². The maximum atomic E-state index is 12.9. The van der Waals surface area contributed by atoms with Gasteiger partial charge in [0, 0.05) is 23.6 Å². The molecule has 6 nitrogen and oxygen atoms in total. The Labute approximate surface area is 175 Å². The third-order valence-corrected chi connectivity index (χ3v) is 7.12. The van der Waals surface area contributed by atoms with Crippen LogP contribution in [0.15, 0.2) is 41.3 Å². The van der Waals surface area contributed by atoms with E-state index in [9.17, 15) is 13.2 Å². The van der Waals surface area contributed by atoms with Crippen LogP contribution in [0.5, 0.6) is 5.75 Å². The number of fused-ring (bicyclic) bond motifs is 1. The third-order valence-electron chi connectivity index (χ3n) is 5.45. The van der Waals surface area contributed by atoms with E-state index in [-0.39, 0.29) is 22.1 Å². The summed E-state index contributed by atoms with van der Waals surface area (Å²) >= 11 is 6.10. The highest BCUT2D eigenvalue weighted by molar-refractivity contribution is 7.92. The number of benzene rings is 2. The zero-order valence-electron chi connectivity index (χ0n) is 16.5. The van der Waals surface area contributed by atoms with Crippen LogP contribution in [0.2, 0.25) is 5.02 Å². The Morgan fingerprint density at radius 3 is 2.55 bits per heavy atom. The van der Waals surface area contributed by atoms with Crippen LogP contribution in [-0.2, 0) is 20.2 Å². The Morgan fingerprint density at radius 1 is 1.21 bits per heavy atom. The van der Waals surface area contributed by atoms with E-state index in [0.717, 1.165) is 24.1 Å². The number of rotatable bonds is 5. The molecule has 0 saturated heterocycles. The van der Waals surface area contributed by atoms with Gasteiger partial charge in [-0.2, -0.15) is 0 Å². The minimum Gasteiger partial charge on any atom is -0.495 e. The van der Waals surface area contributed by atoms with Crippen LogP contribution in [0.25, 0.3) is 0 Å². The molecule has 0 bridgehead atoms. The third kappa shape index (κ3) is 3.69. The van der Waals surface area contributed by atoms with Gasteiger partial charge >= 0.3 is 0 Å². The van der Waals surface area contributed by atoms with Crippen molar-refractivity contribution in [1.82, 2.24) is 0 Å². The predicted molar refractivity (Wildman–Crippen MR) is 113 cm³/mol. The fourth-order valence-corrected chi connectivity index (χ4v) is 5.05. The topological polar surface area (TPSA) is 75.7 Å². The molecule has 1 aliphatic heterocycles. The SMILES string of the molecule is COc1ccc(NS(=O)(=O)c2ccc3c(c2)C(C)(C)CN3C(=O)C2CC2)cc1Cl. The Balaban J connectivity index is 1.65. The van der Waals surface area contributed by atoms with E-state index in [1.807, 2.05) is 13.8 Å². The summed E-state index contributed by atoms with van der Waals surface area (Å²) in [7, 11) is -2.32. The molecule has 4 rings (SSSR count). The number of halogens is 1. The largest absolute Gasteiger partial charge is 0.495 e. The van der Waals surface area contributed by atoms with Crippen LogP contribution >= 0.6 is 11.6 Å². The number of carbonyl (C=O) groups excluding carboxylic acids is 1. The highest BCUT2D eigenvalue weighted by Crippen LogP contribution is 2.44. The van der Waals surface area contributed by atoms with E-state index in [1.165, 1.54) is 13.2 Å². The van der Waals surface area contributed by atoms with Crippen LogP contribution in [0, 0.1) is 5.92 Å². The van der Waals surface area contributed by atoms with E-state index >= 15 is 0 Å². The molecule has 1 aliphatic carbocycles. The van der Waals surface area contributed by atoms with Gasteiger partial charge < -0.3 is 9.64 Å². The van der Waals surface area contributed by atoms with Crippen molar-refractivity contribution in [1.29, 1.82) is 0 Å². The highest BCUT2D eigenvalue weighted by Gasteiger charge is 2.43. The Hall–Kier alpha value is -2.25. The smallest absolute Gasteiger partial charge is 0.261 e. The summed E-state index contributed by atoms with van der Waals surface area (Å²) < 4.78 is 33.5. The summed E-state index contributed by atoms with van der Waals surface area (Å²) in [5.74, 6) is 0.717. The summed E-state index contributed by atoms with van der Waals surface area (Å²) in [4.78, 5) is 14.6. The monoisotopic (exact) mass is 434 g/mol. The van der Waals surface area contributed by atoms with Crippen molar-refractivity contribution in [2.24, 2.45) is 5.92 Å². The number of anilines is 2. The normalized spacial score (nSPS) is 17.7. The van der Waals surface area contributed by atoms with E-state index in [0.29, 0.717) is 23.0 Å². The molecule has 1 amide bonds. The molecule has 0 unspecified atom stereocenters. The number of hydrogen-bond acceptors (Lipinski definition) is 4. The van der Waals surface area contributed by atoms with E-state index in [2.05, 4.69) is 4.72 Å². The molecule has 154 valence electrons. The summed E-state index contributed by atoms with van der Waals surface area (Å²) in [6.07, 6.45) is 1.87. The van der Waals surface area contributed by atoms with Crippen LogP contribution in [0.1, 0.15) is 32.3 Å². The molecule has 1 heterocycles. The molecule has 2 aliphatic rings. The Kier molecular flexibility index (Phi) is 4.78. The average Bonchev–Trinajstić information content (AvgIpc) is 3.46. The van der Waals surface area contributed by atoms with Gasteiger partial charge in [0.05, 0.1) is 22.7 Å². The van der Waals surface area contributed by atoms with Gasteiger partial charge in [0.25, 0.3) is 10.0 Å². The van der Waals surface area contributed by atoms with Gasteiger partial charge in [0.2, 0.25) is 5.91 Å². The fraction of sp³-hybridized carbons (Fsp3) is 0.381. The second kappa shape index (κ2) is 6.92. The molecule has 0 atom stereocenters. The number of amides is 1. The molecular formula is C21H23ClN2O4S. The van der Waals surface area contributed by atoms with Crippen molar-refractivity contribution in [3.8, 4) is 5.75 Å². The molecular weight excluding hydrogens is 412 g/mol. The first-order valence-electron chi connectivity index (χ1n) is 9.45. The number of carbonyl (C=O) groups is 1. The van der Waals surface area contributed by atoms with Crippen LogP contribution in [0.4, 0.5) is 11.4 Å². The van der Waals surface area contributed by atoms with Crippen molar-refractivity contribution in [2.45, 2.75) is 37.0 Å². The van der Waals surface area contributed by atoms with Crippen molar-refractivity contribution in [2.75, 3.05) is 23.3 Å². The van der Waals surface area contributed by atoms with Gasteiger partial charge in [-0.1, -0.05) is 25.4 Å². The maximum absolute atomic E-state index is 12.9. The summed E-state index contributed by atoms with van der Waals surface area (Å²) in [5.41, 5.74) is 1.69. The number of nitrogens with zero attached hydrogens (tertiary/aromatic N) is 1. The van der Waals surface area contributed by atoms with E-state index in [1.54, 1.807) is 35.2 Å². The first-order chi connectivity index (χ1) is 13.6. The molecule has 1 N–H and O–H groups in total. The van der Waals surface area contributed by atoms with Crippen molar-refractivity contribution >= 4 is 38.9 Å². The highest BCUT2D eigenvalue weighted by atomic mass is 35.5. The molecule has 0 radical (unpaired) electrons. The van der Waals surface area contributed by atoms with E-state index in [4.69, 9.17) is 16.3 Å². The van der Waals surface area contributed by atoms with Crippen molar-refractivity contribution in [3.05, 3.63) is 47.0 Å². The average molecular weight is 435 g/mol. The van der Waals surface area contributed by atoms with Gasteiger partial charge in [0.15, 0.2) is 0 Å². The second-order valence-electron chi connectivity index (χ2n) is 8.22. The molecule has 1 fully saturated rings. The van der Waals surface area contributed by atoms with Crippen molar-refractivity contribution < 1.29 is 17.9 Å². The fourth-order valence-electron chi connectivity index (χ4n) is 3.72. The number of ether oxygens (including phenoxy) is 1. The number of nitrogens with one attached hydrogen (secondary N) is 1. The molecule has 2 aromatic rings. The molecule has 1 saturated carbocycles. The predicted octanol–water partition coefficient (Wildman–Crippen LogP) is 4.18. The lowest BCUT2D eigenvalue weighted by Gasteiger charge is -2.20. The van der Waals surface area contributed by atoms with Crippen LogP contribution < -0.4 is 14.4 Å². The summed E-state index contributed by atoms with van der Waals surface area (Å²) in [5, 5.41) is 0.317. The molecule has 29 heavy (non-hydrogen) atoms. The lowest BCUT2D eigenvalue weighted by Crippen LogP contribution is -2.34.